The lowest BCUT2D eigenvalue weighted by Gasteiger charge is -2.26. The lowest BCUT2D eigenvalue weighted by Crippen LogP contribution is -2.43. The van der Waals surface area contributed by atoms with Gasteiger partial charge < -0.3 is 10.1 Å². The maximum absolute atomic E-state index is 12.4. The average molecular weight is 355 g/mol. The highest BCUT2D eigenvalue weighted by molar-refractivity contribution is 7.89. The van der Waals surface area contributed by atoms with Gasteiger partial charge in [-0.15, -0.1) is 0 Å². The van der Waals surface area contributed by atoms with E-state index in [1.165, 1.54) is 7.05 Å². The van der Waals surface area contributed by atoms with Gasteiger partial charge in [0, 0.05) is 33.2 Å². The van der Waals surface area contributed by atoms with Gasteiger partial charge in [-0.3, -0.25) is 9.69 Å². The minimum Gasteiger partial charge on any atom is -0.379 e. The smallest absolute Gasteiger partial charge is 0.243 e. The number of nitrogens with one attached hydrogen (secondary N) is 1. The fourth-order valence-corrected chi connectivity index (χ4v) is 3.54. The Bertz CT molecular complexity index is 640. The molecule has 1 N–H and O–H groups in total. The van der Waals surface area contributed by atoms with Crippen molar-refractivity contribution in [3.63, 3.8) is 0 Å². The average Bonchev–Trinajstić information content (AvgIpc) is 2.56. The molecule has 1 aromatic carbocycles. The number of ether oxygens (including phenoxy) is 1. The number of nitrogens with zero attached hydrogens (tertiary/aromatic N) is 2. The molecule has 1 heterocycles. The Kier molecular flexibility index (Phi) is 6.73. The van der Waals surface area contributed by atoms with E-state index in [9.17, 15) is 13.2 Å². The molecule has 1 amide bonds. The normalized spacial score (nSPS) is 16.3. The number of benzene rings is 1. The van der Waals surface area contributed by atoms with Gasteiger partial charge in [0.05, 0.1) is 24.7 Å². The second-order valence-electron chi connectivity index (χ2n) is 5.88. The molecule has 0 atom stereocenters. The standard InChI is InChI=1S/C16H25N3O4S/c1-14-3-5-15(6-4-14)24(21,22)18(2)13-16(20)17-7-8-19-9-11-23-12-10-19/h3-6H,7-13H2,1-2H3,(H,17,20). The first-order valence-corrected chi connectivity index (χ1v) is 9.43. The first kappa shape index (κ1) is 18.9. The number of hydrogen-bond acceptors (Lipinski definition) is 5. The number of rotatable bonds is 7. The number of likely N-dealkylation sites (N-methyl/N-ethyl adjacent to an activating group) is 1. The lowest BCUT2D eigenvalue weighted by atomic mass is 10.2. The van der Waals surface area contributed by atoms with Crippen LogP contribution in [-0.2, 0) is 19.6 Å². The van der Waals surface area contributed by atoms with Gasteiger partial charge in [0.25, 0.3) is 0 Å². The van der Waals surface area contributed by atoms with Crippen molar-refractivity contribution in [3.8, 4) is 0 Å². The van der Waals surface area contributed by atoms with Crippen molar-refractivity contribution in [3.05, 3.63) is 29.8 Å². The summed E-state index contributed by atoms with van der Waals surface area (Å²) >= 11 is 0. The van der Waals surface area contributed by atoms with Crippen molar-refractivity contribution in [2.24, 2.45) is 0 Å². The molecular weight excluding hydrogens is 330 g/mol. The van der Waals surface area contributed by atoms with Gasteiger partial charge >= 0.3 is 0 Å². The van der Waals surface area contributed by atoms with Crippen LogP contribution in [0.3, 0.4) is 0 Å². The Labute approximate surface area is 143 Å². The summed E-state index contributed by atoms with van der Waals surface area (Å²) in [6.45, 7) is 6.08. The summed E-state index contributed by atoms with van der Waals surface area (Å²) in [5, 5.41) is 2.77. The summed E-state index contributed by atoms with van der Waals surface area (Å²) in [6, 6.07) is 6.58. The van der Waals surface area contributed by atoms with Crippen LogP contribution in [0.2, 0.25) is 0 Å². The maximum atomic E-state index is 12.4. The molecule has 1 aliphatic heterocycles. The van der Waals surface area contributed by atoms with E-state index in [0.29, 0.717) is 19.8 Å². The van der Waals surface area contributed by atoms with Gasteiger partial charge in [0.15, 0.2) is 0 Å². The minimum absolute atomic E-state index is 0.191. The van der Waals surface area contributed by atoms with Crippen LogP contribution in [0.15, 0.2) is 29.2 Å². The summed E-state index contributed by atoms with van der Waals surface area (Å²) in [7, 11) is -2.24. The van der Waals surface area contributed by atoms with E-state index in [-0.39, 0.29) is 17.3 Å². The SMILES string of the molecule is Cc1ccc(S(=O)(=O)N(C)CC(=O)NCCN2CCOCC2)cc1. The van der Waals surface area contributed by atoms with Crippen molar-refractivity contribution in [2.45, 2.75) is 11.8 Å². The number of sulfonamides is 1. The summed E-state index contributed by atoms with van der Waals surface area (Å²) in [6.07, 6.45) is 0. The molecule has 0 aliphatic carbocycles. The summed E-state index contributed by atoms with van der Waals surface area (Å²) in [5.41, 5.74) is 0.984. The van der Waals surface area contributed by atoms with E-state index in [4.69, 9.17) is 4.74 Å². The number of aryl methyl sites for hydroxylation is 1. The van der Waals surface area contributed by atoms with Gasteiger partial charge in [-0.05, 0) is 19.1 Å². The summed E-state index contributed by atoms with van der Waals surface area (Å²) in [5.74, 6) is -0.304. The molecule has 1 aliphatic rings. The molecule has 0 bridgehead atoms. The molecule has 1 aromatic rings. The quantitative estimate of drug-likeness (QED) is 0.748. The van der Waals surface area contributed by atoms with Crippen LogP contribution in [0.5, 0.6) is 0 Å². The van der Waals surface area contributed by atoms with E-state index in [2.05, 4.69) is 10.2 Å². The number of carbonyl (C=O) groups is 1. The third-order valence-corrected chi connectivity index (χ3v) is 5.77. The Balaban J connectivity index is 1.80. The van der Waals surface area contributed by atoms with Gasteiger partial charge in [0.1, 0.15) is 0 Å². The lowest BCUT2D eigenvalue weighted by molar-refractivity contribution is -0.121. The van der Waals surface area contributed by atoms with Gasteiger partial charge in [0.2, 0.25) is 15.9 Å². The molecule has 0 saturated carbocycles. The number of morpholine rings is 1. The minimum atomic E-state index is -3.65. The van der Waals surface area contributed by atoms with Gasteiger partial charge in [-0.25, -0.2) is 8.42 Å². The zero-order valence-corrected chi connectivity index (χ0v) is 15.0. The van der Waals surface area contributed by atoms with Crippen molar-refractivity contribution in [1.29, 1.82) is 0 Å². The molecule has 0 spiro atoms. The van der Waals surface area contributed by atoms with Crippen molar-refractivity contribution >= 4 is 15.9 Å². The molecule has 0 radical (unpaired) electrons. The van der Waals surface area contributed by atoms with Crippen LogP contribution in [-0.4, -0.2) is 76.5 Å². The highest BCUT2D eigenvalue weighted by Crippen LogP contribution is 2.14. The molecule has 8 heteroatoms. The second kappa shape index (κ2) is 8.57. The van der Waals surface area contributed by atoms with E-state index in [0.717, 1.165) is 29.5 Å². The molecule has 1 fully saturated rings. The van der Waals surface area contributed by atoms with Gasteiger partial charge in [-0.2, -0.15) is 4.31 Å². The Morgan fingerprint density at radius 3 is 2.50 bits per heavy atom. The predicted octanol–water partition coefficient (Wildman–Crippen LogP) is 0.0639. The number of amides is 1. The highest BCUT2D eigenvalue weighted by Gasteiger charge is 2.22. The van der Waals surface area contributed by atoms with Crippen molar-refractivity contribution < 1.29 is 17.9 Å². The Morgan fingerprint density at radius 2 is 1.88 bits per heavy atom. The first-order valence-electron chi connectivity index (χ1n) is 7.99. The Hall–Kier alpha value is -1.48. The molecule has 24 heavy (non-hydrogen) atoms. The van der Waals surface area contributed by atoms with Crippen LogP contribution >= 0.6 is 0 Å². The third-order valence-electron chi connectivity index (χ3n) is 3.95. The fourth-order valence-electron chi connectivity index (χ4n) is 2.41. The first-order chi connectivity index (χ1) is 11.4. The van der Waals surface area contributed by atoms with Crippen LogP contribution in [0.4, 0.5) is 0 Å². The van der Waals surface area contributed by atoms with Crippen LogP contribution in [0.1, 0.15) is 5.56 Å². The number of hydrogen-bond donors (Lipinski definition) is 1. The van der Waals surface area contributed by atoms with E-state index in [1.807, 2.05) is 6.92 Å². The fraction of sp³-hybridized carbons (Fsp3) is 0.562. The van der Waals surface area contributed by atoms with Crippen molar-refractivity contribution in [2.75, 3.05) is 53.0 Å². The van der Waals surface area contributed by atoms with Crippen LogP contribution in [0, 0.1) is 6.92 Å². The van der Waals surface area contributed by atoms with E-state index >= 15 is 0 Å². The monoisotopic (exact) mass is 355 g/mol. The molecular formula is C16H25N3O4S. The Morgan fingerprint density at radius 1 is 1.25 bits per heavy atom. The van der Waals surface area contributed by atoms with Crippen LogP contribution in [0.25, 0.3) is 0 Å². The third kappa shape index (κ3) is 5.27. The van der Waals surface area contributed by atoms with E-state index in [1.54, 1.807) is 24.3 Å². The molecule has 1 saturated heterocycles. The topological polar surface area (TPSA) is 79.0 Å². The summed E-state index contributed by atoms with van der Waals surface area (Å²) in [4.78, 5) is 14.4. The second-order valence-corrected chi connectivity index (χ2v) is 7.92. The zero-order chi connectivity index (χ0) is 17.6. The molecule has 7 nitrogen and oxygen atoms in total. The molecule has 2 rings (SSSR count). The van der Waals surface area contributed by atoms with Crippen LogP contribution < -0.4 is 5.32 Å². The van der Waals surface area contributed by atoms with Crippen molar-refractivity contribution in [1.82, 2.24) is 14.5 Å². The van der Waals surface area contributed by atoms with E-state index < -0.39 is 10.0 Å². The number of carbonyl (C=O) groups excluding carboxylic acids is 1. The molecule has 134 valence electrons. The van der Waals surface area contributed by atoms with Gasteiger partial charge in [-0.1, -0.05) is 17.7 Å². The predicted molar refractivity (Wildman–Crippen MR) is 91.3 cm³/mol. The molecule has 0 unspecified atom stereocenters. The maximum Gasteiger partial charge on any atom is 0.243 e. The highest BCUT2D eigenvalue weighted by atomic mass is 32.2. The zero-order valence-electron chi connectivity index (χ0n) is 14.2. The molecule has 0 aromatic heterocycles. The summed E-state index contributed by atoms with van der Waals surface area (Å²) < 4.78 is 31.2. The largest absolute Gasteiger partial charge is 0.379 e.